The Morgan fingerprint density at radius 3 is 1.76 bits per heavy atom. The van der Waals surface area contributed by atoms with Gasteiger partial charge >= 0.3 is 0 Å². The zero-order chi connectivity index (χ0) is 31.7. The SMILES string of the molecule is CC(C)(C)c1ccc2c(c1)C(C)(C)c1cc(C(C)(C)C)ccc1N2c1ccc(-c2nc3cnccc3n2-c2ccccc2)cc1. The molecule has 4 aromatic carbocycles. The van der Waals surface area contributed by atoms with Crippen LogP contribution in [0.4, 0.5) is 17.1 Å². The van der Waals surface area contributed by atoms with Crippen molar-refractivity contribution in [3.63, 3.8) is 0 Å². The smallest absolute Gasteiger partial charge is 0.145 e. The molecule has 45 heavy (non-hydrogen) atoms. The number of benzene rings is 4. The van der Waals surface area contributed by atoms with Crippen molar-refractivity contribution in [1.29, 1.82) is 0 Å². The van der Waals surface area contributed by atoms with Crippen LogP contribution in [0.1, 0.15) is 77.6 Å². The third-order valence-corrected chi connectivity index (χ3v) is 9.41. The topological polar surface area (TPSA) is 34.0 Å². The number of para-hydroxylation sites is 1. The molecule has 0 unspecified atom stereocenters. The van der Waals surface area contributed by atoms with Crippen LogP contribution in [0.2, 0.25) is 0 Å². The first kappa shape index (κ1) is 29.0. The van der Waals surface area contributed by atoms with Gasteiger partial charge in [0, 0.05) is 28.6 Å². The third-order valence-electron chi connectivity index (χ3n) is 9.41. The summed E-state index contributed by atoms with van der Waals surface area (Å²) in [6, 6.07) is 35.5. The summed E-state index contributed by atoms with van der Waals surface area (Å²) in [5.74, 6) is 0.904. The van der Waals surface area contributed by atoms with Crippen molar-refractivity contribution in [2.24, 2.45) is 0 Å². The van der Waals surface area contributed by atoms with Crippen LogP contribution in [0.15, 0.2) is 109 Å². The van der Waals surface area contributed by atoms with Gasteiger partial charge in [0.2, 0.25) is 0 Å². The summed E-state index contributed by atoms with van der Waals surface area (Å²) in [4.78, 5) is 11.8. The van der Waals surface area contributed by atoms with E-state index in [1.54, 1.807) is 0 Å². The Bertz CT molecular complexity index is 1970. The van der Waals surface area contributed by atoms with Crippen LogP contribution in [0.3, 0.4) is 0 Å². The number of aromatic nitrogens is 3. The molecule has 3 heterocycles. The molecule has 0 saturated carbocycles. The zero-order valence-electron chi connectivity index (χ0n) is 27.7. The number of anilines is 3. The molecule has 0 N–H and O–H groups in total. The second-order valence-electron chi connectivity index (χ2n) is 14.9. The van der Waals surface area contributed by atoms with E-state index >= 15 is 0 Å². The summed E-state index contributed by atoms with van der Waals surface area (Å²) >= 11 is 0. The van der Waals surface area contributed by atoms with E-state index in [1.165, 1.54) is 33.6 Å². The average Bonchev–Trinajstić information content (AvgIpc) is 3.40. The molecule has 7 rings (SSSR count). The van der Waals surface area contributed by atoms with Crippen LogP contribution in [0.5, 0.6) is 0 Å². The fourth-order valence-corrected chi connectivity index (χ4v) is 6.67. The molecule has 0 atom stereocenters. The molecule has 1 aliphatic rings. The molecular weight excluding hydrogens is 548 g/mol. The van der Waals surface area contributed by atoms with Crippen molar-refractivity contribution in [2.45, 2.75) is 71.6 Å². The predicted molar refractivity (Wildman–Crippen MR) is 189 cm³/mol. The minimum atomic E-state index is -0.155. The zero-order valence-corrected chi connectivity index (χ0v) is 27.7. The van der Waals surface area contributed by atoms with Crippen molar-refractivity contribution in [3.8, 4) is 17.1 Å². The third kappa shape index (κ3) is 4.84. The number of hydrogen-bond donors (Lipinski definition) is 0. The highest BCUT2D eigenvalue weighted by atomic mass is 15.2. The van der Waals surface area contributed by atoms with Gasteiger partial charge in [0.05, 0.1) is 23.1 Å². The van der Waals surface area contributed by atoms with Crippen LogP contribution in [-0.4, -0.2) is 14.5 Å². The maximum Gasteiger partial charge on any atom is 0.145 e. The molecule has 226 valence electrons. The van der Waals surface area contributed by atoms with Crippen LogP contribution >= 0.6 is 0 Å². The first-order valence-electron chi connectivity index (χ1n) is 15.9. The molecule has 4 nitrogen and oxygen atoms in total. The van der Waals surface area contributed by atoms with Gasteiger partial charge in [0.15, 0.2) is 0 Å². The molecule has 1 aliphatic heterocycles. The lowest BCUT2D eigenvalue weighted by Crippen LogP contribution is -2.32. The van der Waals surface area contributed by atoms with Gasteiger partial charge in [0.1, 0.15) is 11.3 Å². The highest BCUT2D eigenvalue weighted by Gasteiger charge is 2.38. The van der Waals surface area contributed by atoms with Crippen molar-refractivity contribution >= 4 is 28.1 Å². The molecule has 2 aromatic heterocycles. The van der Waals surface area contributed by atoms with Crippen molar-refractivity contribution < 1.29 is 0 Å². The van der Waals surface area contributed by atoms with Crippen LogP contribution in [-0.2, 0) is 16.2 Å². The van der Waals surface area contributed by atoms with E-state index in [4.69, 9.17) is 4.98 Å². The lowest BCUT2D eigenvalue weighted by Gasteiger charge is -2.43. The Labute approximate surface area is 267 Å². The largest absolute Gasteiger partial charge is 0.310 e. The normalized spacial score (nSPS) is 14.4. The van der Waals surface area contributed by atoms with E-state index < -0.39 is 0 Å². The number of fused-ring (bicyclic) bond motifs is 3. The number of rotatable bonds is 3. The Morgan fingerprint density at radius 1 is 0.622 bits per heavy atom. The average molecular weight is 591 g/mol. The van der Waals surface area contributed by atoms with E-state index in [0.717, 1.165) is 33.8 Å². The molecule has 0 radical (unpaired) electrons. The van der Waals surface area contributed by atoms with E-state index in [1.807, 2.05) is 24.5 Å². The molecule has 4 heteroatoms. The van der Waals surface area contributed by atoms with E-state index in [-0.39, 0.29) is 16.2 Å². The molecule has 0 bridgehead atoms. The molecule has 0 spiro atoms. The van der Waals surface area contributed by atoms with E-state index in [2.05, 4.69) is 155 Å². The lowest BCUT2D eigenvalue weighted by atomic mass is 9.70. The Morgan fingerprint density at radius 2 is 1.20 bits per heavy atom. The van der Waals surface area contributed by atoms with Crippen LogP contribution in [0.25, 0.3) is 28.1 Å². The maximum atomic E-state index is 5.04. The number of pyridine rings is 1. The van der Waals surface area contributed by atoms with Crippen LogP contribution in [0, 0.1) is 0 Å². The number of hydrogen-bond acceptors (Lipinski definition) is 3. The summed E-state index contributed by atoms with van der Waals surface area (Å²) in [5, 5.41) is 0. The van der Waals surface area contributed by atoms with Gasteiger partial charge in [-0.15, -0.1) is 0 Å². The van der Waals surface area contributed by atoms with Gasteiger partial charge in [-0.05, 0) is 87.7 Å². The summed E-state index contributed by atoms with van der Waals surface area (Å²) < 4.78 is 2.22. The minimum Gasteiger partial charge on any atom is -0.310 e. The van der Waals surface area contributed by atoms with Gasteiger partial charge in [0.25, 0.3) is 0 Å². The van der Waals surface area contributed by atoms with Crippen molar-refractivity contribution in [1.82, 2.24) is 14.5 Å². The Balaban J connectivity index is 1.40. The van der Waals surface area contributed by atoms with Gasteiger partial charge in [-0.3, -0.25) is 9.55 Å². The van der Waals surface area contributed by atoms with Crippen molar-refractivity contribution in [3.05, 3.63) is 132 Å². The highest BCUT2D eigenvalue weighted by Crippen LogP contribution is 2.53. The molecular formula is C41H42N4. The van der Waals surface area contributed by atoms with E-state index in [0.29, 0.717) is 0 Å². The lowest BCUT2D eigenvalue weighted by molar-refractivity contribution is 0.573. The Hall–Kier alpha value is -4.70. The summed E-state index contributed by atoms with van der Waals surface area (Å²) in [7, 11) is 0. The Kier molecular flexibility index (Phi) is 6.56. The fraction of sp³-hybridized carbons (Fsp3) is 0.268. The standard InChI is InChI=1S/C41H42N4/c1-39(2,3)28-16-20-35-32(24-28)41(7,8)33-25-29(40(4,5)6)17-21-36(33)44(35)31-18-14-27(15-19-31)38-43-34-26-42-23-22-37(34)45(38)30-12-10-9-11-13-30/h9-26H,1-8H3. The first-order valence-corrected chi connectivity index (χ1v) is 15.9. The second kappa shape index (κ2) is 10.2. The summed E-state index contributed by atoms with van der Waals surface area (Å²) in [6.07, 6.45) is 3.67. The van der Waals surface area contributed by atoms with Gasteiger partial charge in [-0.2, -0.15) is 0 Å². The van der Waals surface area contributed by atoms with Gasteiger partial charge in [-0.25, -0.2) is 4.98 Å². The molecule has 6 aromatic rings. The summed E-state index contributed by atoms with van der Waals surface area (Å²) in [5.41, 5.74) is 13.1. The van der Waals surface area contributed by atoms with Gasteiger partial charge < -0.3 is 4.90 Å². The maximum absolute atomic E-state index is 5.04. The van der Waals surface area contributed by atoms with Crippen molar-refractivity contribution in [2.75, 3.05) is 4.90 Å². The second-order valence-corrected chi connectivity index (χ2v) is 14.9. The van der Waals surface area contributed by atoms with Gasteiger partial charge in [-0.1, -0.05) is 97.9 Å². The molecule has 0 amide bonds. The summed E-state index contributed by atoms with van der Waals surface area (Å²) in [6.45, 7) is 18.5. The number of nitrogens with zero attached hydrogens (tertiary/aromatic N) is 4. The monoisotopic (exact) mass is 590 g/mol. The fourth-order valence-electron chi connectivity index (χ4n) is 6.67. The highest BCUT2D eigenvalue weighted by molar-refractivity contribution is 5.88. The minimum absolute atomic E-state index is 0.0604. The van der Waals surface area contributed by atoms with Crippen LogP contribution < -0.4 is 4.90 Å². The predicted octanol–water partition coefficient (Wildman–Crippen LogP) is 10.8. The number of imidazole rings is 1. The molecule has 0 aliphatic carbocycles. The first-order chi connectivity index (χ1) is 21.3. The quantitative estimate of drug-likeness (QED) is 0.206. The van der Waals surface area contributed by atoms with E-state index in [9.17, 15) is 0 Å². The molecule has 0 saturated heterocycles. The molecule has 0 fully saturated rings.